The Labute approximate surface area is 72.2 Å². The van der Waals surface area contributed by atoms with Crippen molar-refractivity contribution in [2.45, 2.75) is 13.3 Å². The zero-order chi connectivity index (χ0) is 8.97. The minimum Gasteiger partial charge on any atom is -0.490 e. The van der Waals surface area contributed by atoms with Gasteiger partial charge in [0.1, 0.15) is 0 Å². The minimum absolute atomic E-state index is 0.302. The van der Waals surface area contributed by atoms with E-state index in [4.69, 9.17) is 4.74 Å². The van der Waals surface area contributed by atoms with E-state index in [1.807, 2.05) is 13.0 Å². The molecule has 12 heavy (non-hydrogen) atoms. The Morgan fingerprint density at radius 2 is 2.25 bits per heavy atom. The van der Waals surface area contributed by atoms with Crippen LogP contribution in [0.3, 0.4) is 0 Å². The van der Waals surface area contributed by atoms with Gasteiger partial charge in [-0.3, -0.25) is 0 Å². The van der Waals surface area contributed by atoms with E-state index in [1.165, 1.54) is 6.07 Å². The van der Waals surface area contributed by atoms with Gasteiger partial charge in [-0.1, -0.05) is 12.1 Å². The van der Waals surface area contributed by atoms with Gasteiger partial charge in [0.05, 0.1) is 6.61 Å². The van der Waals surface area contributed by atoms with Crippen LogP contribution in [-0.4, -0.2) is 6.61 Å². The fourth-order valence-electron chi connectivity index (χ4n) is 0.974. The topological polar surface area (TPSA) is 9.23 Å². The van der Waals surface area contributed by atoms with Crippen LogP contribution in [0.4, 0.5) is 4.39 Å². The third-order valence-electron chi connectivity index (χ3n) is 1.55. The summed E-state index contributed by atoms with van der Waals surface area (Å²) in [5.41, 5.74) is 0.823. The van der Waals surface area contributed by atoms with Gasteiger partial charge in [-0.2, -0.15) is 0 Å². The lowest BCUT2D eigenvalue weighted by Crippen LogP contribution is -1.99. The van der Waals surface area contributed by atoms with Gasteiger partial charge >= 0.3 is 0 Å². The molecule has 0 aliphatic heterocycles. The zero-order valence-corrected chi connectivity index (χ0v) is 7.14. The summed E-state index contributed by atoms with van der Waals surface area (Å²) in [6.07, 6.45) is 0.647. The number of benzene rings is 1. The molecule has 0 aromatic heterocycles. The first-order valence-electron chi connectivity index (χ1n) is 3.93. The molecule has 0 atom stereocenters. The van der Waals surface area contributed by atoms with Crippen molar-refractivity contribution in [3.8, 4) is 5.75 Å². The van der Waals surface area contributed by atoms with Crippen LogP contribution in [0.2, 0.25) is 0 Å². The highest BCUT2D eigenvalue weighted by Gasteiger charge is 2.04. The van der Waals surface area contributed by atoms with Gasteiger partial charge in [-0.25, -0.2) is 4.39 Å². The second-order valence-electron chi connectivity index (χ2n) is 2.59. The Bertz CT molecular complexity index is 238. The van der Waals surface area contributed by atoms with Crippen LogP contribution < -0.4 is 4.74 Å². The Morgan fingerprint density at radius 3 is 2.83 bits per heavy atom. The zero-order valence-electron chi connectivity index (χ0n) is 7.14. The first-order valence-corrected chi connectivity index (χ1v) is 3.93. The predicted molar refractivity (Wildman–Crippen MR) is 46.6 cm³/mol. The fraction of sp³-hybridized carbons (Fsp3) is 0.300. The molecule has 0 saturated heterocycles. The highest BCUT2D eigenvalue weighted by atomic mass is 19.1. The summed E-state index contributed by atoms with van der Waals surface area (Å²) < 4.78 is 18.2. The van der Waals surface area contributed by atoms with Gasteiger partial charge in [0.2, 0.25) is 0 Å². The molecule has 0 spiro atoms. The number of rotatable bonds is 3. The molecule has 0 saturated carbocycles. The largest absolute Gasteiger partial charge is 0.490 e. The van der Waals surface area contributed by atoms with Crippen molar-refractivity contribution in [3.63, 3.8) is 0 Å². The first kappa shape index (κ1) is 9.04. The van der Waals surface area contributed by atoms with Gasteiger partial charge in [-0.15, -0.1) is 0 Å². The smallest absolute Gasteiger partial charge is 0.165 e. The Morgan fingerprint density at radius 1 is 1.50 bits per heavy atom. The van der Waals surface area contributed by atoms with Crippen LogP contribution in [0, 0.1) is 19.7 Å². The quantitative estimate of drug-likeness (QED) is 0.672. The lowest BCUT2D eigenvalue weighted by atomic mass is 10.2. The standard InChI is InChI=1S/C10H12FO/c1-3-7-12-10-8(2)5-4-6-9(10)11/h4-6H,1,3,7H2,2H3. The second kappa shape index (κ2) is 4.10. The molecule has 65 valence electrons. The van der Waals surface area contributed by atoms with E-state index in [2.05, 4.69) is 6.92 Å². The summed E-state index contributed by atoms with van der Waals surface area (Å²) in [5.74, 6) is 0.0459. The Kier molecular flexibility index (Phi) is 3.09. The molecule has 2 heteroatoms. The molecule has 0 amide bonds. The molecule has 0 fully saturated rings. The lowest BCUT2D eigenvalue weighted by molar-refractivity contribution is 0.305. The van der Waals surface area contributed by atoms with Crippen molar-refractivity contribution in [2.24, 2.45) is 0 Å². The second-order valence-corrected chi connectivity index (χ2v) is 2.59. The van der Waals surface area contributed by atoms with Crippen LogP contribution in [0.25, 0.3) is 0 Å². The molecule has 1 aromatic rings. The molecular formula is C10H12FO. The highest BCUT2D eigenvalue weighted by molar-refractivity contribution is 5.33. The number of halogens is 1. The molecule has 1 rings (SSSR count). The van der Waals surface area contributed by atoms with Crippen LogP contribution in [0.1, 0.15) is 12.0 Å². The number of ether oxygens (including phenoxy) is 1. The van der Waals surface area contributed by atoms with E-state index in [-0.39, 0.29) is 5.82 Å². The maximum absolute atomic E-state index is 13.0. The minimum atomic E-state index is -0.302. The third kappa shape index (κ3) is 1.97. The fourth-order valence-corrected chi connectivity index (χ4v) is 0.974. The number of aryl methyl sites for hydroxylation is 1. The van der Waals surface area contributed by atoms with Crippen molar-refractivity contribution in [1.82, 2.24) is 0 Å². The summed E-state index contributed by atoms with van der Waals surface area (Å²) in [4.78, 5) is 0. The number of hydrogen-bond donors (Lipinski definition) is 0. The summed E-state index contributed by atoms with van der Waals surface area (Å²) in [5, 5.41) is 0. The van der Waals surface area contributed by atoms with Crippen LogP contribution in [0.15, 0.2) is 18.2 Å². The number of hydrogen-bond acceptors (Lipinski definition) is 1. The van der Waals surface area contributed by atoms with Crippen LogP contribution >= 0.6 is 0 Å². The molecule has 0 aliphatic rings. The van der Waals surface area contributed by atoms with E-state index >= 15 is 0 Å². The van der Waals surface area contributed by atoms with E-state index in [0.29, 0.717) is 18.8 Å². The molecule has 0 unspecified atom stereocenters. The Hall–Kier alpha value is -1.05. The van der Waals surface area contributed by atoms with Gasteiger partial charge in [-0.05, 0) is 31.9 Å². The maximum atomic E-state index is 13.0. The normalized spacial score (nSPS) is 9.92. The van der Waals surface area contributed by atoms with Crippen molar-refractivity contribution in [3.05, 3.63) is 36.5 Å². The van der Waals surface area contributed by atoms with Crippen LogP contribution in [-0.2, 0) is 0 Å². The van der Waals surface area contributed by atoms with E-state index in [0.717, 1.165) is 5.56 Å². The molecule has 1 radical (unpaired) electrons. The van der Waals surface area contributed by atoms with Crippen molar-refractivity contribution in [2.75, 3.05) is 6.61 Å². The van der Waals surface area contributed by atoms with Crippen LogP contribution in [0.5, 0.6) is 5.75 Å². The monoisotopic (exact) mass is 167 g/mol. The molecule has 0 aliphatic carbocycles. The van der Waals surface area contributed by atoms with E-state index in [9.17, 15) is 4.39 Å². The van der Waals surface area contributed by atoms with Crippen molar-refractivity contribution >= 4 is 0 Å². The lowest BCUT2D eigenvalue weighted by Gasteiger charge is -2.07. The SMILES string of the molecule is [CH2]CCOc1c(C)cccc1F. The molecular weight excluding hydrogens is 155 g/mol. The Balaban J connectivity index is 2.81. The average molecular weight is 167 g/mol. The molecule has 0 N–H and O–H groups in total. The molecule has 1 aromatic carbocycles. The van der Waals surface area contributed by atoms with Crippen molar-refractivity contribution < 1.29 is 9.13 Å². The van der Waals surface area contributed by atoms with E-state index < -0.39 is 0 Å². The summed E-state index contributed by atoms with van der Waals surface area (Å²) in [6.45, 7) is 5.89. The highest BCUT2D eigenvalue weighted by Crippen LogP contribution is 2.21. The van der Waals surface area contributed by atoms with E-state index in [1.54, 1.807) is 6.07 Å². The molecule has 1 nitrogen and oxygen atoms in total. The maximum Gasteiger partial charge on any atom is 0.165 e. The third-order valence-corrected chi connectivity index (χ3v) is 1.55. The summed E-state index contributed by atoms with van der Waals surface area (Å²) in [6, 6.07) is 4.88. The predicted octanol–water partition coefficient (Wildman–Crippen LogP) is 2.74. The van der Waals surface area contributed by atoms with Gasteiger partial charge in [0.25, 0.3) is 0 Å². The molecule has 0 heterocycles. The van der Waals surface area contributed by atoms with Gasteiger partial charge in [0.15, 0.2) is 11.6 Å². The van der Waals surface area contributed by atoms with Gasteiger partial charge in [0, 0.05) is 0 Å². The van der Waals surface area contributed by atoms with Gasteiger partial charge < -0.3 is 4.74 Å². The van der Waals surface area contributed by atoms with Crippen molar-refractivity contribution in [1.29, 1.82) is 0 Å². The molecule has 0 bridgehead atoms. The summed E-state index contributed by atoms with van der Waals surface area (Å²) >= 11 is 0. The first-order chi connectivity index (χ1) is 5.75. The average Bonchev–Trinajstić information content (AvgIpc) is 2.04. The summed E-state index contributed by atoms with van der Waals surface area (Å²) in [7, 11) is 0. The number of para-hydroxylation sites is 1.